The number of hydrogen-bond donors (Lipinski definition) is 1. The summed E-state index contributed by atoms with van der Waals surface area (Å²) in [5.41, 5.74) is 0.236. The molecule has 0 bridgehead atoms. The van der Waals surface area contributed by atoms with Gasteiger partial charge in [0.25, 0.3) is 5.89 Å². The SMILES string of the molecule is CC(C)OCCCNC(=O)C1CCN(c2oc(-c3ccco3)nc2C#N)CC1. The van der Waals surface area contributed by atoms with Crippen molar-refractivity contribution in [1.82, 2.24) is 10.3 Å². The zero-order chi connectivity index (χ0) is 19.9. The fourth-order valence-corrected chi connectivity index (χ4v) is 3.20. The predicted octanol–water partition coefficient (Wildman–Crippen LogP) is 2.95. The maximum Gasteiger partial charge on any atom is 0.266 e. The standard InChI is InChI=1S/C20H26N4O4/c1-14(2)26-12-4-8-22-18(25)15-6-9-24(10-7-15)20-16(13-21)23-19(28-20)17-5-3-11-27-17/h3,5,11,14-15H,4,6-10,12H2,1-2H3,(H,22,25). The fourth-order valence-electron chi connectivity index (χ4n) is 3.20. The summed E-state index contributed by atoms with van der Waals surface area (Å²) in [4.78, 5) is 18.5. The van der Waals surface area contributed by atoms with E-state index in [1.54, 1.807) is 12.1 Å². The van der Waals surface area contributed by atoms with E-state index >= 15 is 0 Å². The van der Waals surface area contributed by atoms with E-state index in [1.165, 1.54) is 6.26 Å². The van der Waals surface area contributed by atoms with Crippen LogP contribution in [0.15, 0.2) is 27.2 Å². The Morgan fingerprint density at radius 3 is 2.89 bits per heavy atom. The minimum absolute atomic E-state index is 0.0275. The molecule has 0 aromatic carbocycles. The third-order valence-electron chi connectivity index (χ3n) is 4.67. The van der Waals surface area contributed by atoms with Gasteiger partial charge in [-0.25, -0.2) is 0 Å². The van der Waals surface area contributed by atoms with E-state index in [1.807, 2.05) is 18.7 Å². The summed E-state index contributed by atoms with van der Waals surface area (Å²) in [6.07, 6.45) is 3.96. The summed E-state index contributed by atoms with van der Waals surface area (Å²) >= 11 is 0. The zero-order valence-corrected chi connectivity index (χ0v) is 16.3. The lowest BCUT2D eigenvalue weighted by atomic mass is 9.96. The second kappa shape index (κ2) is 9.42. The van der Waals surface area contributed by atoms with E-state index in [-0.39, 0.29) is 23.6 Å². The smallest absolute Gasteiger partial charge is 0.266 e. The van der Waals surface area contributed by atoms with Crippen LogP contribution in [0.5, 0.6) is 0 Å². The largest absolute Gasteiger partial charge is 0.459 e. The molecule has 1 aliphatic rings. The van der Waals surface area contributed by atoms with Gasteiger partial charge in [0.2, 0.25) is 17.5 Å². The van der Waals surface area contributed by atoms with Gasteiger partial charge in [-0.05, 0) is 45.2 Å². The third kappa shape index (κ3) is 4.93. The number of furan rings is 1. The maximum atomic E-state index is 12.3. The van der Waals surface area contributed by atoms with Crippen molar-refractivity contribution >= 4 is 11.8 Å². The van der Waals surface area contributed by atoms with E-state index in [4.69, 9.17) is 13.6 Å². The first-order valence-electron chi connectivity index (χ1n) is 9.67. The number of carbonyl (C=O) groups is 1. The van der Waals surface area contributed by atoms with Crippen molar-refractivity contribution in [3.63, 3.8) is 0 Å². The van der Waals surface area contributed by atoms with Crippen LogP contribution < -0.4 is 10.2 Å². The highest BCUT2D eigenvalue weighted by atomic mass is 16.5. The molecule has 1 amide bonds. The van der Waals surface area contributed by atoms with Gasteiger partial charge in [0.1, 0.15) is 6.07 Å². The Bertz CT molecular complexity index is 799. The van der Waals surface area contributed by atoms with Crippen molar-refractivity contribution in [2.45, 2.75) is 39.2 Å². The second-order valence-electron chi connectivity index (χ2n) is 7.09. The van der Waals surface area contributed by atoms with Crippen molar-refractivity contribution < 1.29 is 18.4 Å². The van der Waals surface area contributed by atoms with E-state index in [0.29, 0.717) is 56.6 Å². The topological polar surface area (TPSA) is 105 Å². The Morgan fingerprint density at radius 2 is 2.25 bits per heavy atom. The average molecular weight is 386 g/mol. The van der Waals surface area contributed by atoms with Gasteiger partial charge >= 0.3 is 0 Å². The Morgan fingerprint density at radius 1 is 1.46 bits per heavy atom. The average Bonchev–Trinajstić information content (AvgIpc) is 3.37. The normalized spacial score (nSPS) is 15.0. The number of piperidine rings is 1. The molecular weight excluding hydrogens is 360 g/mol. The van der Waals surface area contributed by atoms with Crippen LogP contribution in [0.1, 0.15) is 38.8 Å². The van der Waals surface area contributed by atoms with Crippen molar-refractivity contribution in [2.24, 2.45) is 5.92 Å². The quantitative estimate of drug-likeness (QED) is 0.695. The molecule has 1 saturated heterocycles. The summed E-state index contributed by atoms with van der Waals surface area (Å²) in [7, 11) is 0. The highest BCUT2D eigenvalue weighted by Crippen LogP contribution is 2.31. The summed E-state index contributed by atoms with van der Waals surface area (Å²) in [5.74, 6) is 1.27. The van der Waals surface area contributed by atoms with Gasteiger partial charge in [0, 0.05) is 32.2 Å². The van der Waals surface area contributed by atoms with Crippen LogP contribution in [0, 0.1) is 17.2 Å². The van der Waals surface area contributed by atoms with Gasteiger partial charge < -0.3 is 23.8 Å². The minimum Gasteiger partial charge on any atom is -0.459 e. The Hall–Kier alpha value is -2.79. The van der Waals surface area contributed by atoms with Crippen molar-refractivity contribution in [2.75, 3.05) is 31.1 Å². The first-order chi connectivity index (χ1) is 13.6. The third-order valence-corrected chi connectivity index (χ3v) is 4.67. The maximum absolute atomic E-state index is 12.3. The number of nitriles is 1. The molecule has 8 heteroatoms. The van der Waals surface area contributed by atoms with Gasteiger partial charge in [0.15, 0.2) is 5.76 Å². The number of carbonyl (C=O) groups excluding carboxylic acids is 1. The number of ether oxygens (including phenoxy) is 1. The van der Waals surface area contributed by atoms with Gasteiger partial charge in [-0.1, -0.05) is 0 Å². The Kier molecular flexibility index (Phi) is 6.71. The number of amides is 1. The molecule has 0 atom stereocenters. The first-order valence-corrected chi connectivity index (χ1v) is 9.67. The molecule has 28 heavy (non-hydrogen) atoms. The molecule has 0 aliphatic carbocycles. The molecule has 0 radical (unpaired) electrons. The second-order valence-corrected chi connectivity index (χ2v) is 7.09. The highest BCUT2D eigenvalue weighted by Gasteiger charge is 2.29. The van der Waals surface area contributed by atoms with Gasteiger partial charge in [-0.15, -0.1) is 0 Å². The molecule has 2 aromatic rings. The van der Waals surface area contributed by atoms with Crippen LogP contribution in [0.25, 0.3) is 11.7 Å². The summed E-state index contributed by atoms with van der Waals surface area (Å²) in [6, 6.07) is 5.55. The number of aromatic nitrogens is 1. The lowest BCUT2D eigenvalue weighted by Gasteiger charge is -2.30. The number of hydrogen-bond acceptors (Lipinski definition) is 7. The molecular formula is C20H26N4O4. The van der Waals surface area contributed by atoms with Crippen molar-refractivity contribution in [1.29, 1.82) is 5.26 Å². The molecule has 0 saturated carbocycles. The van der Waals surface area contributed by atoms with Crippen molar-refractivity contribution in [3.8, 4) is 17.7 Å². The van der Waals surface area contributed by atoms with Gasteiger partial charge in [-0.2, -0.15) is 10.2 Å². The van der Waals surface area contributed by atoms with E-state index < -0.39 is 0 Å². The Balaban J connectivity index is 1.50. The molecule has 8 nitrogen and oxygen atoms in total. The van der Waals surface area contributed by atoms with Crippen LogP contribution in [0.2, 0.25) is 0 Å². The molecule has 0 unspecified atom stereocenters. The lowest BCUT2D eigenvalue weighted by molar-refractivity contribution is -0.125. The number of nitrogens with zero attached hydrogens (tertiary/aromatic N) is 3. The van der Waals surface area contributed by atoms with Crippen molar-refractivity contribution in [3.05, 3.63) is 24.1 Å². The van der Waals surface area contributed by atoms with E-state index in [9.17, 15) is 10.1 Å². The zero-order valence-electron chi connectivity index (χ0n) is 16.3. The number of oxazole rings is 1. The minimum atomic E-state index is -0.0275. The highest BCUT2D eigenvalue weighted by molar-refractivity contribution is 5.79. The van der Waals surface area contributed by atoms with Crippen LogP contribution >= 0.6 is 0 Å². The molecule has 3 rings (SSSR count). The lowest BCUT2D eigenvalue weighted by Crippen LogP contribution is -2.41. The van der Waals surface area contributed by atoms with Crippen LogP contribution in [0.3, 0.4) is 0 Å². The summed E-state index contributed by atoms with van der Waals surface area (Å²) < 4.78 is 16.5. The number of anilines is 1. The molecule has 150 valence electrons. The van der Waals surface area contributed by atoms with Gasteiger partial charge in [0.05, 0.1) is 12.4 Å². The molecule has 1 N–H and O–H groups in total. The monoisotopic (exact) mass is 386 g/mol. The fraction of sp³-hybridized carbons (Fsp3) is 0.550. The van der Waals surface area contributed by atoms with Crippen LogP contribution in [-0.2, 0) is 9.53 Å². The Labute approximate surface area is 164 Å². The van der Waals surface area contributed by atoms with E-state index in [0.717, 1.165) is 6.42 Å². The van der Waals surface area contributed by atoms with E-state index in [2.05, 4.69) is 16.4 Å². The molecule has 1 aliphatic heterocycles. The summed E-state index contributed by atoms with van der Waals surface area (Å²) in [5, 5.41) is 12.4. The molecule has 1 fully saturated rings. The summed E-state index contributed by atoms with van der Waals surface area (Å²) in [6.45, 7) is 6.54. The van der Waals surface area contributed by atoms with Gasteiger partial charge in [-0.3, -0.25) is 4.79 Å². The molecule has 3 heterocycles. The first kappa shape index (κ1) is 20.0. The molecule has 0 spiro atoms. The molecule has 2 aromatic heterocycles. The predicted molar refractivity (Wildman–Crippen MR) is 103 cm³/mol. The van der Waals surface area contributed by atoms with Crippen LogP contribution in [0.4, 0.5) is 5.88 Å². The number of nitrogens with one attached hydrogen (secondary N) is 1. The van der Waals surface area contributed by atoms with Crippen LogP contribution in [-0.4, -0.2) is 43.2 Å². The number of rotatable bonds is 8.